The number of nitrogen functional groups attached to an aromatic ring is 1. The normalized spacial score (nSPS) is 20.1. The standard InChI is InChI=1S/C13H18N2O2S/c1-17-10-8-9(14)5-6-11(10)18-12-4-2-3-7-15-13(12)16/h5-6,8,12H,2-4,7,14H2,1H3,(H,15,16). The Bertz CT molecular complexity index is 437. The van der Waals surface area contributed by atoms with E-state index in [2.05, 4.69) is 5.32 Å². The molecular weight excluding hydrogens is 248 g/mol. The lowest BCUT2D eigenvalue weighted by atomic mass is 10.2. The highest BCUT2D eigenvalue weighted by molar-refractivity contribution is 8.00. The van der Waals surface area contributed by atoms with Crippen LogP contribution in [0.1, 0.15) is 19.3 Å². The van der Waals surface area contributed by atoms with Crippen LogP contribution >= 0.6 is 11.8 Å². The lowest BCUT2D eigenvalue weighted by Gasteiger charge is -2.15. The van der Waals surface area contributed by atoms with Gasteiger partial charge in [0.25, 0.3) is 0 Å². The molecule has 0 bridgehead atoms. The van der Waals surface area contributed by atoms with Gasteiger partial charge in [-0.15, -0.1) is 11.8 Å². The number of carbonyl (C=O) groups is 1. The van der Waals surface area contributed by atoms with Gasteiger partial charge in [-0.1, -0.05) is 6.42 Å². The fourth-order valence-electron chi connectivity index (χ4n) is 1.96. The molecule has 4 nitrogen and oxygen atoms in total. The second-order valence-corrected chi connectivity index (χ2v) is 5.55. The molecule has 1 heterocycles. The molecule has 18 heavy (non-hydrogen) atoms. The summed E-state index contributed by atoms with van der Waals surface area (Å²) in [6.45, 7) is 0.786. The fourth-order valence-corrected chi connectivity index (χ4v) is 3.14. The van der Waals surface area contributed by atoms with E-state index in [1.165, 1.54) is 0 Å². The van der Waals surface area contributed by atoms with Crippen molar-refractivity contribution in [2.75, 3.05) is 19.4 Å². The monoisotopic (exact) mass is 266 g/mol. The molecule has 1 aromatic carbocycles. The number of benzene rings is 1. The number of hydrogen-bond acceptors (Lipinski definition) is 4. The highest BCUT2D eigenvalue weighted by Crippen LogP contribution is 2.35. The third kappa shape index (κ3) is 3.10. The van der Waals surface area contributed by atoms with E-state index in [-0.39, 0.29) is 11.2 Å². The van der Waals surface area contributed by atoms with Crippen molar-refractivity contribution in [3.63, 3.8) is 0 Å². The summed E-state index contributed by atoms with van der Waals surface area (Å²) in [6.07, 6.45) is 3.04. The molecule has 1 atom stereocenters. The van der Waals surface area contributed by atoms with Gasteiger partial charge < -0.3 is 15.8 Å². The molecular formula is C13H18N2O2S. The highest BCUT2D eigenvalue weighted by atomic mass is 32.2. The first-order valence-corrected chi connectivity index (χ1v) is 6.96. The molecule has 0 saturated carbocycles. The molecule has 1 aromatic rings. The average Bonchev–Trinajstić information content (AvgIpc) is 2.57. The predicted molar refractivity (Wildman–Crippen MR) is 73.9 cm³/mol. The zero-order chi connectivity index (χ0) is 13.0. The fraction of sp³-hybridized carbons (Fsp3) is 0.462. The number of methoxy groups -OCH3 is 1. The van der Waals surface area contributed by atoms with Gasteiger partial charge >= 0.3 is 0 Å². The van der Waals surface area contributed by atoms with Crippen LogP contribution in [0.4, 0.5) is 5.69 Å². The van der Waals surface area contributed by atoms with Crippen molar-refractivity contribution in [2.24, 2.45) is 0 Å². The second-order valence-electron chi connectivity index (χ2n) is 4.30. The Morgan fingerprint density at radius 3 is 3.06 bits per heavy atom. The molecule has 2 rings (SSSR count). The molecule has 1 amide bonds. The van der Waals surface area contributed by atoms with Crippen LogP contribution in [0.3, 0.4) is 0 Å². The molecule has 0 aliphatic carbocycles. The Morgan fingerprint density at radius 1 is 1.44 bits per heavy atom. The summed E-state index contributed by atoms with van der Waals surface area (Å²) in [5.41, 5.74) is 6.39. The van der Waals surface area contributed by atoms with Crippen LogP contribution in [-0.4, -0.2) is 24.8 Å². The molecule has 1 aliphatic rings. The van der Waals surface area contributed by atoms with Crippen molar-refractivity contribution in [2.45, 2.75) is 29.4 Å². The molecule has 98 valence electrons. The van der Waals surface area contributed by atoms with Gasteiger partial charge in [-0.25, -0.2) is 0 Å². The average molecular weight is 266 g/mol. The Morgan fingerprint density at radius 2 is 2.28 bits per heavy atom. The summed E-state index contributed by atoms with van der Waals surface area (Å²) in [5, 5.41) is 2.90. The summed E-state index contributed by atoms with van der Waals surface area (Å²) < 4.78 is 5.30. The summed E-state index contributed by atoms with van der Waals surface area (Å²) in [4.78, 5) is 12.9. The molecule has 0 aromatic heterocycles. The van der Waals surface area contributed by atoms with E-state index < -0.39 is 0 Å². The molecule has 1 unspecified atom stereocenters. The minimum atomic E-state index is -0.0370. The Kier molecular flexibility index (Phi) is 4.36. The van der Waals surface area contributed by atoms with E-state index in [4.69, 9.17) is 10.5 Å². The minimum absolute atomic E-state index is 0.0370. The van der Waals surface area contributed by atoms with Gasteiger partial charge in [0.2, 0.25) is 5.91 Å². The second kappa shape index (κ2) is 6.00. The molecule has 5 heteroatoms. The van der Waals surface area contributed by atoms with Crippen molar-refractivity contribution < 1.29 is 9.53 Å². The molecule has 3 N–H and O–H groups in total. The van der Waals surface area contributed by atoms with E-state index in [0.717, 1.165) is 36.5 Å². The van der Waals surface area contributed by atoms with Gasteiger partial charge in [-0.05, 0) is 25.0 Å². The summed E-state index contributed by atoms with van der Waals surface area (Å²) in [7, 11) is 1.62. The number of thioether (sulfide) groups is 1. The molecule has 1 saturated heterocycles. The third-order valence-electron chi connectivity index (χ3n) is 2.94. The Hall–Kier alpha value is -1.36. The quantitative estimate of drug-likeness (QED) is 0.822. The lowest BCUT2D eigenvalue weighted by molar-refractivity contribution is -0.120. The first kappa shape index (κ1) is 13.1. The maximum atomic E-state index is 11.9. The van der Waals surface area contributed by atoms with Crippen molar-refractivity contribution in [3.05, 3.63) is 18.2 Å². The van der Waals surface area contributed by atoms with Crippen molar-refractivity contribution >= 4 is 23.4 Å². The summed E-state index contributed by atoms with van der Waals surface area (Å²) in [6, 6.07) is 5.54. The molecule has 0 radical (unpaired) electrons. The topological polar surface area (TPSA) is 64.3 Å². The van der Waals surface area contributed by atoms with Crippen molar-refractivity contribution in [3.8, 4) is 5.75 Å². The Balaban J connectivity index is 2.14. The molecule has 1 fully saturated rings. The lowest BCUT2D eigenvalue weighted by Crippen LogP contribution is -2.30. The molecule has 1 aliphatic heterocycles. The van der Waals surface area contributed by atoms with Gasteiger partial charge in [0.1, 0.15) is 5.75 Å². The van der Waals surface area contributed by atoms with Gasteiger partial charge in [-0.2, -0.15) is 0 Å². The van der Waals surface area contributed by atoms with Gasteiger partial charge in [0.05, 0.1) is 17.3 Å². The SMILES string of the molecule is COc1cc(N)ccc1SC1CCCCNC1=O. The number of nitrogens with two attached hydrogens (primary N) is 1. The van der Waals surface area contributed by atoms with Crippen LogP contribution in [0.25, 0.3) is 0 Å². The minimum Gasteiger partial charge on any atom is -0.496 e. The largest absolute Gasteiger partial charge is 0.496 e. The van der Waals surface area contributed by atoms with E-state index in [1.807, 2.05) is 12.1 Å². The first-order valence-electron chi connectivity index (χ1n) is 6.08. The number of amides is 1. The zero-order valence-corrected chi connectivity index (χ0v) is 11.3. The van der Waals surface area contributed by atoms with Gasteiger partial charge in [0, 0.05) is 18.3 Å². The van der Waals surface area contributed by atoms with E-state index in [9.17, 15) is 4.79 Å². The number of nitrogens with one attached hydrogen (secondary N) is 1. The number of ether oxygens (including phenoxy) is 1. The number of rotatable bonds is 3. The number of carbonyl (C=O) groups excluding carboxylic acids is 1. The summed E-state index contributed by atoms with van der Waals surface area (Å²) in [5.74, 6) is 0.855. The van der Waals surface area contributed by atoms with Crippen LogP contribution in [0.5, 0.6) is 5.75 Å². The molecule has 0 spiro atoms. The number of anilines is 1. The smallest absolute Gasteiger partial charge is 0.233 e. The van der Waals surface area contributed by atoms with Crippen LogP contribution < -0.4 is 15.8 Å². The zero-order valence-electron chi connectivity index (χ0n) is 10.4. The maximum absolute atomic E-state index is 11.9. The Labute approximate surface area is 111 Å². The van der Waals surface area contributed by atoms with Crippen LogP contribution in [0.2, 0.25) is 0 Å². The van der Waals surface area contributed by atoms with Crippen molar-refractivity contribution in [1.29, 1.82) is 0 Å². The first-order chi connectivity index (χ1) is 8.70. The van der Waals surface area contributed by atoms with Gasteiger partial charge in [0.15, 0.2) is 0 Å². The van der Waals surface area contributed by atoms with Crippen LogP contribution in [-0.2, 0) is 4.79 Å². The predicted octanol–water partition coefficient (Wildman–Crippen LogP) is 2.04. The van der Waals surface area contributed by atoms with Crippen LogP contribution in [0.15, 0.2) is 23.1 Å². The highest BCUT2D eigenvalue weighted by Gasteiger charge is 2.22. The summed E-state index contributed by atoms with van der Waals surface area (Å²) >= 11 is 1.55. The third-order valence-corrected chi connectivity index (χ3v) is 4.27. The van der Waals surface area contributed by atoms with Crippen LogP contribution in [0, 0.1) is 0 Å². The maximum Gasteiger partial charge on any atom is 0.233 e. The van der Waals surface area contributed by atoms with E-state index in [1.54, 1.807) is 24.9 Å². The van der Waals surface area contributed by atoms with E-state index in [0.29, 0.717) is 5.69 Å². The van der Waals surface area contributed by atoms with E-state index >= 15 is 0 Å². The van der Waals surface area contributed by atoms with Gasteiger partial charge in [-0.3, -0.25) is 4.79 Å². The number of hydrogen-bond donors (Lipinski definition) is 2. The van der Waals surface area contributed by atoms with Crippen molar-refractivity contribution in [1.82, 2.24) is 5.32 Å².